The Kier molecular flexibility index (Phi) is 6.35. The van der Waals surface area contributed by atoms with Gasteiger partial charge in [0.15, 0.2) is 0 Å². The second kappa shape index (κ2) is 8.91. The van der Waals surface area contributed by atoms with Crippen molar-refractivity contribution in [3.8, 4) is 0 Å². The van der Waals surface area contributed by atoms with Crippen LogP contribution in [0.3, 0.4) is 0 Å². The number of nitrogens with zero attached hydrogens (tertiary/aromatic N) is 2. The van der Waals surface area contributed by atoms with Gasteiger partial charge in [-0.05, 0) is 24.6 Å². The molecule has 0 aliphatic heterocycles. The number of aryl methyl sites for hydroxylation is 1. The minimum atomic E-state index is -0.137. The Labute approximate surface area is 160 Å². The van der Waals surface area contributed by atoms with Crippen molar-refractivity contribution in [1.29, 1.82) is 0 Å². The van der Waals surface area contributed by atoms with Gasteiger partial charge in [0.05, 0.1) is 12.0 Å². The third-order valence-electron chi connectivity index (χ3n) is 3.87. The number of H-pyrrole nitrogens is 2. The number of aromatic nitrogens is 4. The van der Waals surface area contributed by atoms with Crippen LogP contribution in [0.5, 0.6) is 0 Å². The van der Waals surface area contributed by atoms with Crippen LogP contribution in [-0.2, 0) is 12.2 Å². The van der Waals surface area contributed by atoms with Gasteiger partial charge < -0.3 is 10.3 Å². The summed E-state index contributed by atoms with van der Waals surface area (Å²) in [6.07, 6.45) is 3.83. The third-order valence-corrected chi connectivity index (χ3v) is 5.07. The van der Waals surface area contributed by atoms with E-state index >= 15 is 0 Å². The molecule has 6 nitrogen and oxygen atoms in total. The molecule has 0 atom stereocenters. The van der Waals surface area contributed by atoms with Gasteiger partial charge in [0, 0.05) is 46.9 Å². The Morgan fingerprint density at radius 3 is 2.92 bits per heavy atom. The number of aromatic amines is 2. The Morgan fingerprint density at radius 2 is 2.19 bits per heavy atom. The number of nitrogens with one attached hydrogen (secondary N) is 3. The van der Waals surface area contributed by atoms with Gasteiger partial charge >= 0.3 is 0 Å². The van der Waals surface area contributed by atoms with Crippen LogP contribution in [0.15, 0.2) is 41.6 Å². The molecule has 0 radical (unpaired) electrons. The molecular formula is C18H20ClN5OS. The van der Waals surface area contributed by atoms with Crippen molar-refractivity contribution < 1.29 is 0 Å². The number of halogens is 1. The summed E-state index contributed by atoms with van der Waals surface area (Å²) in [6.45, 7) is 2.73. The van der Waals surface area contributed by atoms with Crippen LogP contribution in [-0.4, -0.2) is 32.2 Å². The second-order valence-electron chi connectivity index (χ2n) is 5.85. The van der Waals surface area contributed by atoms with Crippen LogP contribution in [0, 0.1) is 6.92 Å². The van der Waals surface area contributed by atoms with E-state index in [1.165, 1.54) is 0 Å². The van der Waals surface area contributed by atoms with Crippen molar-refractivity contribution in [3.63, 3.8) is 0 Å². The van der Waals surface area contributed by atoms with Gasteiger partial charge in [0.1, 0.15) is 0 Å². The number of rotatable bonds is 8. The lowest BCUT2D eigenvalue weighted by Gasteiger charge is -2.06. The minimum absolute atomic E-state index is 0.137. The van der Waals surface area contributed by atoms with Crippen LogP contribution in [0.25, 0.3) is 0 Å². The summed E-state index contributed by atoms with van der Waals surface area (Å²) in [7, 11) is 0. The lowest BCUT2D eigenvalue weighted by Crippen LogP contribution is -2.18. The highest BCUT2D eigenvalue weighted by Gasteiger charge is 2.05. The monoisotopic (exact) mass is 389 g/mol. The predicted molar refractivity (Wildman–Crippen MR) is 107 cm³/mol. The third kappa shape index (κ3) is 5.12. The molecule has 0 amide bonds. The zero-order valence-electron chi connectivity index (χ0n) is 14.4. The molecule has 0 aliphatic carbocycles. The first kappa shape index (κ1) is 18.5. The van der Waals surface area contributed by atoms with Gasteiger partial charge in [0.2, 0.25) is 5.95 Å². The maximum absolute atomic E-state index is 12.2. The lowest BCUT2D eigenvalue weighted by atomic mass is 10.1. The average molecular weight is 390 g/mol. The maximum atomic E-state index is 12.2. The van der Waals surface area contributed by atoms with Crippen LogP contribution < -0.4 is 10.9 Å². The van der Waals surface area contributed by atoms with Gasteiger partial charge in [0.25, 0.3) is 5.56 Å². The lowest BCUT2D eigenvalue weighted by molar-refractivity contribution is 1.01. The summed E-state index contributed by atoms with van der Waals surface area (Å²) in [5, 5.41) is 3.80. The number of benzene rings is 1. The maximum Gasteiger partial charge on any atom is 0.255 e. The van der Waals surface area contributed by atoms with Crippen molar-refractivity contribution in [2.24, 2.45) is 0 Å². The number of hydrogen-bond donors (Lipinski definition) is 3. The average Bonchev–Trinajstić information content (AvgIpc) is 3.02. The smallest absolute Gasteiger partial charge is 0.255 e. The molecule has 2 aromatic heterocycles. The quantitative estimate of drug-likeness (QED) is 0.514. The van der Waals surface area contributed by atoms with Crippen molar-refractivity contribution in [3.05, 3.63) is 74.7 Å². The van der Waals surface area contributed by atoms with Crippen LogP contribution >= 0.6 is 23.4 Å². The van der Waals surface area contributed by atoms with E-state index in [1.807, 2.05) is 31.2 Å². The fourth-order valence-corrected chi connectivity index (χ4v) is 3.53. The molecule has 2 heterocycles. The molecule has 0 fully saturated rings. The molecular weight excluding hydrogens is 370 g/mol. The van der Waals surface area contributed by atoms with Crippen molar-refractivity contribution in [1.82, 2.24) is 19.9 Å². The Balaban J connectivity index is 1.48. The standard InChI is InChI=1S/C18H20ClN5OS/c1-12-16(23-11-22-12)10-26-6-5-20-18-21-9-14(17(25)24-18)7-13-3-2-4-15(19)8-13/h2-4,8-9,11H,5-7,10H2,1H3,(H,22,23)(H2,20,21,24,25). The molecule has 0 spiro atoms. The van der Waals surface area contributed by atoms with E-state index in [-0.39, 0.29) is 5.56 Å². The first-order valence-corrected chi connectivity index (χ1v) is 9.78. The Hall–Kier alpha value is -2.25. The van der Waals surface area contributed by atoms with Gasteiger partial charge in [-0.2, -0.15) is 11.8 Å². The zero-order valence-corrected chi connectivity index (χ0v) is 16.0. The Bertz CT molecular complexity index is 924. The summed E-state index contributed by atoms with van der Waals surface area (Å²) in [5.41, 5.74) is 3.64. The molecule has 26 heavy (non-hydrogen) atoms. The van der Waals surface area contributed by atoms with Gasteiger partial charge in [-0.15, -0.1) is 0 Å². The molecule has 0 aliphatic rings. The van der Waals surface area contributed by atoms with E-state index in [4.69, 9.17) is 11.6 Å². The highest BCUT2D eigenvalue weighted by Crippen LogP contribution is 2.14. The van der Waals surface area contributed by atoms with E-state index in [0.717, 1.165) is 28.5 Å². The molecule has 0 bridgehead atoms. The molecule has 3 aromatic rings. The fourth-order valence-electron chi connectivity index (χ4n) is 2.45. The SMILES string of the molecule is Cc1[nH]cnc1CSCCNc1ncc(Cc2cccc(Cl)c2)c(=O)[nH]1. The van der Waals surface area contributed by atoms with Gasteiger partial charge in [-0.1, -0.05) is 23.7 Å². The molecule has 0 saturated heterocycles. The number of thioether (sulfide) groups is 1. The summed E-state index contributed by atoms with van der Waals surface area (Å²) in [5.74, 6) is 2.24. The van der Waals surface area contributed by atoms with E-state index in [2.05, 4.69) is 25.3 Å². The molecule has 0 saturated carbocycles. The molecule has 3 rings (SSSR count). The molecule has 1 aromatic carbocycles. The van der Waals surface area contributed by atoms with Gasteiger partial charge in [-0.25, -0.2) is 9.97 Å². The highest BCUT2D eigenvalue weighted by molar-refractivity contribution is 7.98. The number of imidazole rings is 1. The number of hydrogen-bond acceptors (Lipinski definition) is 5. The summed E-state index contributed by atoms with van der Waals surface area (Å²) in [4.78, 5) is 26.6. The number of anilines is 1. The predicted octanol–water partition coefficient (Wildman–Crippen LogP) is 3.39. The van der Waals surface area contributed by atoms with Crippen LogP contribution in [0.1, 0.15) is 22.5 Å². The molecule has 136 valence electrons. The topological polar surface area (TPSA) is 86.5 Å². The zero-order chi connectivity index (χ0) is 18.4. The summed E-state index contributed by atoms with van der Waals surface area (Å²) < 4.78 is 0. The van der Waals surface area contributed by atoms with E-state index < -0.39 is 0 Å². The first-order chi connectivity index (χ1) is 12.6. The normalized spacial score (nSPS) is 10.8. The fraction of sp³-hybridized carbons (Fsp3) is 0.278. The minimum Gasteiger partial charge on any atom is -0.355 e. The Morgan fingerprint density at radius 1 is 1.31 bits per heavy atom. The second-order valence-corrected chi connectivity index (χ2v) is 7.39. The summed E-state index contributed by atoms with van der Waals surface area (Å²) >= 11 is 7.76. The van der Waals surface area contributed by atoms with Crippen LogP contribution in [0.4, 0.5) is 5.95 Å². The molecule has 3 N–H and O–H groups in total. The van der Waals surface area contributed by atoms with E-state index in [0.29, 0.717) is 29.5 Å². The molecule has 0 unspecified atom stereocenters. The molecule has 8 heteroatoms. The van der Waals surface area contributed by atoms with Crippen molar-refractivity contribution in [2.45, 2.75) is 19.1 Å². The summed E-state index contributed by atoms with van der Waals surface area (Å²) in [6, 6.07) is 7.48. The largest absolute Gasteiger partial charge is 0.355 e. The van der Waals surface area contributed by atoms with Crippen molar-refractivity contribution >= 4 is 29.3 Å². The first-order valence-electron chi connectivity index (χ1n) is 8.25. The van der Waals surface area contributed by atoms with E-state index in [9.17, 15) is 4.79 Å². The van der Waals surface area contributed by atoms with Crippen molar-refractivity contribution in [2.75, 3.05) is 17.6 Å². The van der Waals surface area contributed by atoms with Crippen LogP contribution in [0.2, 0.25) is 5.02 Å². The highest BCUT2D eigenvalue weighted by atomic mass is 35.5. The van der Waals surface area contributed by atoms with Gasteiger partial charge in [-0.3, -0.25) is 9.78 Å². The van der Waals surface area contributed by atoms with E-state index in [1.54, 1.807) is 24.3 Å².